The fourth-order valence-electron chi connectivity index (χ4n) is 2.85. The van der Waals surface area contributed by atoms with Gasteiger partial charge < -0.3 is 19.5 Å². The maximum absolute atomic E-state index is 5.61. The zero-order valence-corrected chi connectivity index (χ0v) is 14.5. The molecule has 1 aliphatic carbocycles. The third kappa shape index (κ3) is 4.11. The molecule has 2 unspecified atom stereocenters. The van der Waals surface area contributed by atoms with E-state index in [0.29, 0.717) is 18.8 Å². The van der Waals surface area contributed by atoms with Crippen molar-refractivity contribution in [3.63, 3.8) is 0 Å². The normalized spacial score (nSPS) is 21.5. The van der Waals surface area contributed by atoms with Crippen LogP contribution < -0.4 is 14.8 Å². The van der Waals surface area contributed by atoms with Crippen molar-refractivity contribution in [1.29, 1.82) is 0 Å². The Labute approximate surface area is 135 Å². The topological polar surface area (TPSA) is 39.7 Å². The van der Waals surface area contributed by atoms with Crippen LogP contribution in [0.3, 0.4) is 0 Å². The second-order valence-corrected chi connectivity index (χ2v) is 6.09. The smallest absolute Gasteiger partial charge is 0.175 e. The number of ether oxygens (including phenoxy) is 3. The molecule has 2 atom stereocenters. The van der Waals surface area contributed by atoms with Crippen molar-refractivity contribution in [3.8, 4) is 11.5 Å². The zero-order valence-electron chi connectivity index (χ0n) is 12.9. The minimum absolute atomic E-state index is 0.332. The van der Waals surface area contributed by atoms with Gasteiger partial charge in [-0.1, -0.05) is 0 Å². The Kier molecular flexibility index (Phi) is 6.33. The number of methoxy groups -OCH3 is 2. The number of nitrogens with one attached hydrogen (secondary N) is 1. The van der Waals surface area contributed by atoms with E-state index >= 15 is 0 Å². The number of halogens is 1. The van der Waals surface area contributed by atoms with Crippen molar-refractivity contribution in [2.24, 2.45) is 0 Å². The minimum Gasteiger partial charge on any atom is -0.493 e. The first-order chi connectivity index (χ1) is 10.2. The van der Waals surface area contributed by atoms with Crippen molar-refractivity contribution in [3.05, 3.63) is 22.2 Å². The summed E-state index contributed by atoms with van der Waals surface area (Å²) >= 11 is 3.56. The molecule has 0 aliphatic heterocycles. The molecule has 0 saturated heterocycles. The molecule has 1 aliphatic rings. The molecule has 1 fully saturated rings. The van der Waals surface area contributed by atoms with Crippen LogP contribution in [0.1, 0.15) is 31.7 Å². The number of benzene rings is 1. The average Bonchev–Trinajstić information content (AvgIpc) is 2.95. The molecule has 118 valence electrons. The Balaban J connectivity index is 2.05. The number of rotatable bonds is 7. The highest BCUT2D eigenvalue weighted by Gasteiger charge is 2.26. The molecule has 0 spiro atoms. The molecular weight excluding hydrogens is 334 g/mol. The van der Waals surface area contributed by atoms with E-state index in [9.17, 15) is 0 Å². The van der Waals surface area contributed by atoms with Gasteiger partial charge in [-0.25, -0.2) is 0 Å². The molecule has 0 aromatic heterocycles. The minimum atomic E-state index is 0.332. The summed E-state index contributed by atoms with van der Waals surface area (Å²) in [5.74, 6) is 1.53. The molecule has 0 amide bonds. The Bertz CT molecular complexity index is 467. The Morgan fingerprint density at radius 1 is 1.29 bits per heavy atom. The van der Waals surface area contributed by atoms with Crippen LogP contribution in [-0.4, -0.2) is 33.0 Å². The second-order valence-electron chi connectivity index (χ2n) is 5.23. The molecule has 0 bridgehead atoms. The van der Waals surface area contributed by atoms with Crippen LogP contribution >= 0.6 is 15.9 Å². The summed E-state index contributed by atoms with van der Waals surface area (Å²) in [4.78, 5) is 0. The monoisotopic (exact) mass is 357 g/mol. The van der Waals surface area contributed by atoms with Crippen LogP contribution in [0.5, 0.6) is 11.5 Å². The summed E-state index contributed by atoms with van der Waals surface area (Å²) in [5, 5.41) is 3.59. The summed E-state index contributed by atoms with van der Waals surface area (Å²) in [7, 11) is 3.46. The molecular formula is C16H24BrNO3. The van der Waals surface area contributed by atoms with Crippen molar-refractivity contribution in [1.82, 2.24) is 5.32 Å². The van der Waals surface area contributed by atoms with Gasteiger partial charge in [-0.15, -0.1) is 0 Å². The molecule has 0 radical (unpaired) electrons. The van der Waals surface area contributed by atoms with Crippen LogP contribution in [0.2, 0.25) is 0 Å². The van der Waals surface area contributed by atoms with E-state index in [0.717, 1.165) is 28.9 Å². The SMILES string of the molecule is CCOc1c(Br)cc(CNC2CCCC2OC)cc1OC. The highest BCUT2D eigenvalue weighted by Crippen LogP contribution is 2.36. The van der Waals surface area contributed by atoms with Crippen molar-refractivity contribution in [2.75, 3.05) is 20.8 Å². The summed E-state index contributed by atoms with van der Waals surface area (Å²) in [5.41, 5.74) is 1.17. The van der Waals surface area contributed by atoms with Crippen LogP contribution in [0.4, 0.5) is 0 Å². The first-order valence-electron chi connectivity index (χ1n) is 7.45. The van der Waals surface area contributed by atoms with Crippen molar-refractivity contribution < 1.29 is 14.2 Å². The van der Waals surface area contributed by atoms with Crippen molar-refractivity contribution in [2.45, 2.75) is 44.9 Å². The quantitative estimate of drug-likeness (QED) is 0.810. The molecule has 1 N–H and O–H groups in total. The second kappa shape index (κ2) is 8.01. The maximum Gasteiger partial charge on any atom is 0.175 e. The Morgan fingerprint density at radius 2 is 2.10 bits per heavy atom. The standard InChI is InChI=1S/C16H24BrNO3/c1-4-21-16-12(17)8-11(9-15(16)20-3)10-18-13-6-5-7-14(13)19-2/h8-9,13-14,18H,4-7,10H2,1-3H3. The van der Waals surface area contributed by atoms with E-state index in [1.807, 2.05) is 13.0 Å². The van der Waals surface area contributed by atoms with Gasteiger partial charge in [0, 0.05) is 19.7 Å². The largest absolute Gasteiger partial charge is 0.493 e. The first kappa shape index (κ1) is 16.6. The van der Waals surface area contributed by atoms with E-state index in [1.54, 1.807) is 14.2 Å². The molecule has 2 rings (SSSR count). The summed E-state index contributed by atoms with van der Waals surface area (Å²) in [6, 6.07) is 4.54. The maximum atomic E-state index is 5.61. The van der Waals surface area contributed by atoms with Gasteiger partial charge in [-0.3, -0.25) is 0 Å². The van der Waals surface area contributed by atoms with Crippen LogP contribution in [0, 0.1) is 0 Å². The van der Waals surface area contributed by atoms with Crippen LogP contribution in [0.15, 0.2) is 16.6 Å². The molecule has 0 heterocycles. The van der Waals surface area contributed by atoms with Gasteiger partial charge in [0.1, 0.15) is 0 Å². The number of hydrogen-bond acceptors (Lipinski definition) is 4. The Morgan fingerprint density at radius 3 is 2.76 bits per heavy atom. The summed E-state index contributed by atoms with van der Waals surface area (Å²) < 4.78 is 17.5. The van der Waals surface area contributed by atoms with E-state index in [-0.39, 0.29) is 0 Å². The lowest BCUT2D eigenvalue weighted by molar-refractivity contribution is 0.0847. The highest BCUT2D eigenvalue weighted by atomic mass is 79.9. The van der Waals surface area contributed by atoms with Gasteiger partial charge >= 0.3 is 0 Å². The van der Waals surface area contributed by atoms with Gasteiger partial charge in [0.15, 0.2) is 11.5 Å². The molecule has 1 aromatic rings. The van der Waals surface area contributed by atoms with Gasteiger partial charge in [-0.2, -0.15) is 0 Å². The van der Waals surface area contributed by atoms with Crippen molar-refractivity contribution >= 4 is 15.9 Å². The van der Waals surface area contributed by atoms with E-state index < -0.39 is 0 Å². The van der Waals surface area contributed by atoms with Crippen LogP contribution in [0.25, 0.3) is 0 Å². The molecule has 21 heavy (non-hydrogen) atoms. The average molecular weight is 358 g/mol. The van der Waals surface area contributed by atoms with E-state index in [1.165, 1.54) is 18.4 Å². The first-order valence-corrected chi connectivity index (χ1v) is 8.24. The predicted molar refractivity (Wildman–Crippen MR) is 87.1 cm³/mol. The third-order valence-electron chi connectivity index (χ3n) is 3.90. The molecule has 5 heteroatoms. The Hall–Kier alpha value is -0.780. The lowest BCUT2D eigenvalue weighted by Gasteiger charge is -2.20. The van der Waals surface area contributed by atoms with Gasteiger partial charge in [0.05, 0.1) is 24.3 Å². The summed E-state index contributed by atoms with van der Waals surface area (Å²) in [6.07, 6.45) is 3.88. The fraction of sp³-hybridized carbons (Fsp3) is 0.625. The van der Waals surface area contributed by atoms with Gasteiger partial charge in [-0.05, 0) is 59.8 Å². The zero-order chi connectivity index (χ0) is 15.2. The highest BCUT2D eigenvalue weighted by molar-refractivity contribution is 9.10. The predicted octanol–water partition coefficient (Wildman–Crippen LogP) is 3.51. The molecule has 1 saturated carbocycles. The third-order valence-corrected chi connectivity index (χ3v) is 4.49. The van der Waals surface area contributed by atoms with Gasteiger partial charge in [0.2, 0.25) is 0 Å². The number of hydrogen-bond donors (Lipinski definition) is 1. The lowest BCUT2D eigenvalue weighted by atomic mass is 10.1. The van der Waals surface area contributed by atoms with Crippen LogP contribution in [-0.2, 0) is 11.3 Å². The van der Waals surface area contributed by atoms with Gasteiger partial charge in [0.25, 0.3) is 0 Å². The molecule has 4 nitrogen and oxygen atoms in total. The lowest BCUT2D eigenvalue weighted by Crippen LogP contribution is -2.36. The van der Waals surface area contributed by atoms with E-state index in [4.69, 9.17) is 14.2 Å². The fourth-order valence-corrected chi connectivity index (χ4v) is 3.45. The molecule has 1 aromatic carbocycles. The summed E-state index contributed by atoms with van der Waals surface area (Å²) in [6.45, 7) is 3.38. The van der Waals surface area contributed by atoms with E-state index in [2.05, 4.69) is 27.3 Å².